The summed E-state index contributed by atoms with van der Waals surface area (Å²) in [6.45, 7) is 5.03. The predicted octanol–water partition coefficient (Wildman–Crippen LogP) is 2.60. The lowest BCUT2D eigenvalue weighted by Gasteiger charge is -2.12. The van der Waals surface area contributed by atoms with E-state index in [0.717, 1.165) is 11.4 Å². The van der Waals surface area contributed by atoms with Gasteiger partial charge in [-0.2, -0.15) is 0 Å². The smallest absolute Gasteiger partial charge is 0.227 e. The quantitative estimate of drug-likeness (QED) is 0.842. The molecule has 0 aliphatic heterocycles. The predicted molar refractivity (Wildman–Crippen MR) is 78.5 cm³/mol. The summed E-state index contributed by atoms with van der Waals surface area (Å²) in [5, 5.41) is 3.09. The first kappa shape index (κ1) is 13.9. The zero-order chi connectivity index (χ0) is 14.4. The fraction of sp³-hybridized carbons (Fsp3) is 0.286. The normalized spacial score (nSPS) is 10.1. The molecule has 1 aromatic carbocycles. The minimum atomic E-state index is 0.478. The van der Waals surface area contributed by atoms with Gasteiger partial charge in [0.1, 0.15) is 0 Å². The maximum Gasteiger partial charge on any atom is 0.227 e. The first-order valence-electron chi connectivity index (χ1n) is 6.47. The molecule has 6 heteroatoms. The van der Waals surface area contributed by atoms with E-state index >= 15 is 0 Å². The van der Waals surface area contributed by atoms with Crippen LogP contribution < -0.4 is 20.5 Å². The molecule has 6 nitrogen and oxygen atoms in total. The zero-order valence-corrected chi connectivity index (χ0v) is 11.6. The van der Waals surface area contributed by atoms with E-state index in [4.69, 9.17) is 15.2 Å². The van der Waals surface area contributed by atoms with Crippen molar-refractivity contribution in [2.45, 2.75) is 13.8 Å². The van der Waals surface area contributed by atoms with E-state index in [0.29, 0.717) is 30.6 Å². The highest BCUT2D eigenvalue weighted by atomic mass is 16.5. The summed E-state index contributed by atoms with van der Waals surface area (Å²) in [6.07, 6.45) is 3.10. The lowest BCUT2D eigenvalue weighted by Crippen LogP contribution is -2.01. The van der Waals surface area contributed by atoms with Crippen molar-refractivity contribution in [3.63, 3.8) is 0 Å². The number of rotatable bonds is 6. The lowest BCUT2D eigenvalue weighted by atomic mass is 10.2. The van der Waals surface area contributed by atoms with Crippen LogP contribution in [0.5, 0.6) is 11.5 Å². The fourth-order valence-corrected chi connectivity index (χ4v) is 1.66. The Hall–Kier alpha value is -2.50. The average molecular weight is 274 g/mol. The van der Waals surface area contributed by atoms with Crippen molar-refractivity contribution in [3.05, 3.63) is 30.6 Å². The molecular weight excluding hydrogens is 256 g/mol. The van der Waals surface area contributed by atoms with E-state index in [9.17, 15) is 0 Å². The summed E-state index contributed by atoms with van der Waals surface area (Å²) in [4.78, 5) is 8.18. The summed E-state index contributed by atoms with van der Waals surface area (Å²) in [7, 11) is 0. The van der Waals surface area contributed by atoms with Gasteiger partial charge in [-0.25, -0.2) is 9.97 Å². The molecule has 3 N–H and O–H groups in total. The van der Waals surface area contributed by atoms with Crippen molar-refractivity contribution in [2.24, 2.45) is 0 Å². The second kappa shape index (κ2) is 6.60. The van der Waals surface area contributed by atoms with Gasteiger partial charge in [0.05, 0.1) is 31.3 Å². The van der Waals surface area contributed by atoms with Crippen LogP contribution in [0.15, 0.2) is 30.6 Å². The topological polar surface area (TPSA) is 82.3 Å². The van der Waals surface area contributed by atoms with Crippen LogP contribution in [0.25, 0.3) is 0 Å². The third kappa shape index (κ3) is 3.50. The third-order valence-electron chi connectivity index (χ3n) is 2.47. The molecule has 0 amide bonds. The molecule has 0 aliphatic rings. The average Bonchev–Trinajstić information content (AvgIpc) is 2.45. The van der Waals surface area contributed by atoms with Crippen LogP contribution in [0.1, 0.15) is 13.8 Å². The molecule has 0 aliphatic carbocycles. The van der Waals surface area contributed by atoms with Crippen LogP contribution >= 0.6 is 0 Å². The molecule has 0 radical (unpaired) electrons. The number of nitrogens with two attached hydrogens (primary N) is 1. The second-order valence-corrected chi connectivity index (χ2v) is 3.99. The molecule has 1 heterocycles. The minimum absolute atomic E-state index is 0.478. The van der Waals surface area contributed by atoms with Gasteiger partial charge < -0.3 is 20.5 Å². The van der Waals surface area contributed by atoms with Crippen LogP contribution in [0.3, 0.4) is 0 Å². The summed E-state index contributed by atoms with van der Waals surface area (Å²) >= 11 is 0. The van der Waals surface area contributed by atoms with Crippen LogP contribution in [-0.4, -0.2) is 23.2 Å². The van der Waals surface area contributed by atoms with E-state index in [1.165, 1.54) is 0 Å². The Bertz CT molecular complexity index is 558. The molecule has 0 atom stereocenters. The van der Waals surface area contributed by atoms with Gasteiger partial charge in [0, 0.05) is 11.8 Å². The molecular formula is C14H18N4O2. The number of aromatic nitrogens is 2. The van der Waals surface area contributed by atoms with Gasteiger partial charge in [-0.3, -0.25) is 0 Å². The minimum Gasteiger partial charge on any atom is -0.490 e. The Balaban J connectivity index is 2.19. The van der Waals surface area contributed by atoms with Crippen LogP contribution in [0.2, 0.25) is 0 Å². The first-order valence-corrected chi connectivity index (χ1v) is 6.47. The Morgan fingerprint density at radius 3 is 2.35 bits per heavy atom. The standard InChI is InChI=1S/C14H18N4O2/c1-3-19-12-6-5-11(7-13(12)20-4-2)18-14-16-8-10(15)9-17-14/h5-9H,3-4,15H2,1-2H3,(H,16,17,18). The molecule has 0 unspecified atom stereocenters. The van der Waals surface area contributed by atoms with Crippen molar-refractivity contribution in [2.75, 3.05) is 24.3 Å². The Morgan fingerprint density at radius 2 is 1.70 bits per heavy atom. The largest absolute Gasteiger partial charge is 0.490 e. The number of nitrogens with one attached hydrogen (secondary N) is 1. The van der Waals surface area contributed by atoms with Crippen molar-refractivity contribution in [1.29, 1.82) is 0 Å². The highest BCUT2D eigenvalue weighted by Crippen LogP contribution is 2.31. The van der Waals surface area contributed by atoms with Crippen LogP contribution in [0, 0.1) is 0 Å². The lowest BCUT2D eigenvalue weighted by molar-refractivity contribution is 0.288. The second-order valence-electron chi connectivity index (χ2n) is 3.99. The summed E-state index contributed by atoms with van der Waals surface area (Å²) in [5.74, 6) is 1.89. The number of nitrogen functional groups attached to an aromatic ring is 1. The number of anilines is 3. The van der Waals surface area contributed by atoms with E-state index in [2.05, 4.69) is 15.3 Å². The number of ether oxygens (including phenoxy) is 2. The molecule has 2 rings (SSSR count). The van der Waals surface area contributed by atoms with Gasteiger partial charge in [-0.15, -0.1) is 0 Å². The summed E-state index contributed by atoms with van der Waals surface area (Å²) in [5.41, 5.74) is 6.89. The highest BCUT2D eigenvalue weighted by molar-refractivity contribution is 5.60. The SMILES string of the molecule is CCOc1ccc(Nc2ncc(N)cn2)cc1OCC. The third-order valence-corrected chi connectivity index (χ3v) is 2.47. The van der Waals surface area contributed by atoms with Crippen LogP contribution in [-0.2, 0) is 0 Å². The molecule has 0 bridgehead atoms. The van der Waals surface area contributed by atoms with Crippen LogP contribution in [0.4, 0.5) is 17.3 Å². The van der Waals surface area contributed by atoms with Gasteiger partial charge >= 0.3 is 0 Å². The fourth-order valence-electron chi connectivity index (χ4n) is 1.66. The van der Waals surface area contributed by atoms with Gasteiger partial charge in [-0.1, -0.05) is 0 Å². The van der Waals surface area contributed by atoms with Crippen molar-refractivity contribution in [1.82, 2.24) is 9.97 Å². The van der Waals surface area contributed by atoms with E-state index < -0.39 is 0 Å². The maximum atomic E-state index is 5.56. The van der Waals surface area contributed by atoms with Gasteiger partial charge in [0.25, 0.3) is 0 Å². The van der Waals surface area contributed by atoms with Crippen molar-refractivity contribution < 1.29 is 9.47 Å². The summed E-state index contributed by atoms with van der Waals surface area (Å²) in [6, 6.07) is 5.59. The number of hydrogen-bond donors (Lipinski definition) is 2. The molecule has 1 aromatic heterocycles. The highest BCUT2D eigenvalue weighted by Gasteiger charge is 2.07. The summed E-state index contributed by atoms with van der Waals surface area (Å²) < 4.78 is 11.1. The molecule has 0 saturated heterocycles. The van der Waals surface area contributed by atoms with E-state index in [-0.39, 0.29) is 0 Å². The van der Waals surface area contributed by atoms with Gasteiger partial charge in [0.2, 0.25) is 5.95 Å². The number of hydrogen-bond acceptors (Lipinski definition) is 6. The molecule has 0 fully saturated rings. The monoisotopic (exact) mass is 274 g/mol. The van der Waals surface area contributed by atoms with Crippen molar-refractivity contribution >= 4 is 17.3 Å². The molecule has 0 spiro atoms. The Kier molecular flexibility index (Phi) is 4.60. The number of benzene rings is 1. The Morgan fingerprint density at radius 1 is 1.05 bits per heavy atom. The van der Waals surface area contributed by atoms with Crippen molar-refractivity contribution in [3.8, 4) is 11.5 Å². The molecule has 0 saturated carbocycles. The number of nitrogens with zero attached hydrogens (tertiary/aromatic N) is 2. The van der Waals surface area contributed by atoms with E-state index in [1.54, 1.807) is 12.4 Å². The molecule has 20 heavy (non-hydrogen) atoms. The van der Waals surface area contributed by atoms with Gasteiger partial charge in [0.15, 0.2) is 11.5 Å². The maximum absolute atomic E-state index is 5.56. The van der Waals surface area contributed by atoms with Gasteiger partial charge in [-0.05, 0) is 26.0 Å². The Labute approximate surface area is 118 Å². The van der Waals surface area contributed by atoms with E-state index in [1.807, 2.05) is 32.0 Å². The molecule has 106 valence electrons. The zero-order valence-electron chi connectivity index (χ0n) is 11.6. The first-order chi connectivity index (χ1) is 9.72. The molecule has 2 aromatic rings.